The summed E-state index contributed by atoms with van der Waals surface area (Å²) in [4.78, 5) is 28.8. The minimum Gasteiger partial charge on any atom is -0.486 e. The number of halogens is 4. The number of Topliss-reactive ketones (excluding diaryl/α,β-unsaturated/α-hetero) is 2. The number of rotatable bonds is 9. The summed E-state index contributed by atoms with van der Waals surface area (Å²) in [5.41, 5.74) is 0.0908. The van der Waals surface area contributed by atoms with E-state index < -0.39 is 11.7 Å². The fourth-order valence-electron chi connectivity index (χ4n) is 5.07. The van der Waals surface area contributed by atoms with Crippen LogP contribution in [0.1, 0.15) is 48.9 Å². The van der Waals surface area contributed by atoms with Gasteiger partial charge in [-0.3, -0.25) is 14.6 Å². The summed E-state index contributed by atoms with van der Waals surface area (Å²) in [6.45, 7) is 1.85. The van der Waals surface area contributed by atoms with Crippen LogP contribution in [0, 0.1) is 17.8 Å². The van der Waals surface area contributed by atoms with E-state index in [2.05, 4.69) is 4.98 Å². The van der Waals surface area contributed by atoms with Crippen LogP contribution in [0.3, 0.4) is 0 Å². The Labute approximate surface area is 189 Å². The van der Waals surface area contributed by atoms with Crippen LogP contribution in [0.25, 0.3) is 0 Å². The number of pyridine rings is 1. The highest BCUT2D eigenvalue weighted by Crippen LogP contribution is 2.75. The molecular formula is C24H23ClF3NO3. The first-order valence-electron chi connectivity index (χ1n) is 10.5. The van der Waals surface area contributed by atoms with Gasteiger partial charge in [0.1, 0.15) is 18.1 Å². The number of nitrogens with zero attached hydrogens (tertiary/aromatic N) is 1. The molecule has 32 heavy (non-hydrogen) atoms. The zero-order chi connectivity index (χ0) is 23.1. The maximum absolute atomic E-state index is 12.7. The molecule has 3 fully saturated rings. The lowest BCUT2D eigenvalue weighted by Crippen LogP contribution is -2.66. The number of hydrogen-bond donors (Lipinski definition) is 0. The van der Waals surface area contributed by atoms with Gasteiger partial charge in [0.2, 0.25) is 0 Å². The number of ether oxygens (including phenoxy) is 1. The first-order valence-corrected chi connectivity index (χ1v) is 10.8. The summed E-state index contributed by atoms with van der Waals surface area (Å²) in [6, 6.07) is 7.55. The molecule has 3 saturated carbocycles. The molecule has 0 N–H and O–H groups in total. The Morgan fingerprint density at radius 1 is 1.16 bits per heavy atom. The van der Waals surface area contributed by atoms with Gasteiger partial charge in [-0.05, 0) is 73.9 Å². The number of aromatic nitrogens is 1. The van der Waals surface area contributed by atoms with Gasteiger partial charge in [-0.2, -0.15) is 13.2 Å². The second-order valence-corrected chi connectivity index (χ2v) is 9.59. The third-order valence-electron chi connectivity index (χ3n) is 6.59. The van der Waals surface area contributed by atoms with E-state index in [9.17, 15) is 22.8 Å². The molecule has 0 amide bonds. The Morgan fingerprint density at radius 2 is 1.88 bits per heavy atom. The van der Waals surface area contributed by atoms with Crippen LogP contribution < -0.4 is 4.74 Å². The van der Waals surface area contributed by atoms with E-state index in [1.807, 2.05) is 6.92 Å². The quantitative estimate of drug-likeness (QED) is 0.471. The zero-order valence-corrected chi connectivity index (χ0v) is 18.4. The van der Waals surface area contributed by atoms with E-state index in [4.69, 9.17) is 16.3 Å². The average Bonchev–Trinajstić information content (AvgIpc) is 2.68. The molecule has 3 aliphatic carbocycles. The summed E-state index contributed by atoms with van der Waals surface area (Å²) < 4.78 is 43.4. The van der Waals surface area contributed by atoms with E-state index in [1.165, 1.54) is 6.07 Å². The van der Waals surface area contributed by atoms with E-state index in [0.717, 1.165) is 17.8 Å². The fourth-order valence-corrected chi connectivity index (χ4v) is 5.19. The third kappa shape index (κ3) is 4.53. The molecule has 0 spiro atoms. The van der Waals surface area contributed by atoms with Gasteiger partial charge in [0.15, 0.2) is 5.78 Å². The van der Waals surface area contributed by atoms with Gasteiger partial charge in [-0.25, -0.2) is 0 Å². The van der Waals surface area contributed by atoms with Crippen molar-refractivity contribution in [1.82, 2.24) is 4.98 Å². The molecule has 0 atom stereocenters. The summed E-state index contributed by atoms with van der Waals surface area (Å²) in [7, 11) is 0. The van der Waals surface area contributed by atoms with E-state index >= 15 is 0 Å². The zero-order valence-electron chi connectivity index (χ0n) is 17.6. The van der Waals surface area contributed by atoms with Crippen molar-refractivity contribution in [3.05, 3.63) is 58.4 Å². The second-order valence-electron chi connectivity index (χ2n) is 9.18. The normalized spacial score (nSPS) is 23.8. The van der Waals surface area contributed by atoms with Crippen LogP contribution >= 0.6 is 11.6 Å². The maximum Gasteiger partial charge on any atom is 0.417 e. The van der Waals surface area contributed by atoms with Crippen molar-refractivity contribution in [2.75, 3.05) is 6.61 Å². The molecule has 8 heteroatoms. The Hall–Kier alpha value is -2.41. The number of aryl methyl sites for hydroxylation is 2. The smallest absolute Gasteiger partial charge is 0.417 e. The summed E-state index contributed by atoms with van der Waals surface area (Å²) in [6.07, 6.45) is -0.552. The molecule has 5 rings (SSSR count). The average molecular weight is 466 g/mol. The van der Waals surface area contributed by atoms with Crippen molar-refractivity contribution in [1.29, 1.82) is 0 Å². The van der Waals surface area contributed by atoms with Crippen LogP contribution in [0.2, 0.25) is 5.02 Å². The Kier molecular flexibility index (Phi) is 5.82. The van der Waals surface area contributed by atoms with Crippen molar-refractivity contribution < 1.29 is 27.5 Å². The van der Waals surface area contributed by atoms with Crippen LogP contribution in [0.4, 0.5) is 13.2 Å². The fraction of sp³-hybridized carbons (Fsp3) is 0.458. The highest BCUT2D eigenvalue weighted by atomic mass is 35.5. The molecule has 1 heterocycles. The molecule has 2 aromatic rings. The molecule has 1 aromatic carbocycles. The van der Waals surface area contributed by atoms with Crippen molar-refractivity contribution in [3.63, 3.8) is 0 Å². The monoisotopic (exact) mass is 465 g/mol. The van der Waals surface area contributed by atoms with Gasteiger partial charge in [0.05, 0.1) is 5.56 Å². The molecule has 0 saturated heterocycles. The van der Waals surface area contributed by atoms with Crippen molar-refractivity contribution in [2.45, 2.75) is 51.6 Å². The van der Waals surface area contributed by atoms with Crippen LogP contribution in [-0.2, 0) is 22.2 Å². The predicted octanol–water partition coefficient (Wildman–Crippen LogP) is 5.77. The number of alkyl halides is 3. The molecule has 4 nitrogen and oxygen atoms in total. The number of carbonyl (C=O) groups is 2. The first-order chi connectivity index (χ1) is 15.0. The van der Waals surface area contributed by atoms with E-state index in [1.54, 1.807) is 18.2 Å². The predicted molar refractivity (Wildman–Crippen MR) is 113 cm³/mol. The van der Waals surface area contributed by atoms with Crippen molar-refractivity contribution in [2.24, 2.45) is 10.8 Å². The topological polar surface area (TPSA) is 56.3 Å². The van der Waals surface area contributed by atoms with Gasteiger partial charge in [0, 0.05) is 35.2 Å². The minimum absolute atomic E-state index is 0.00677. The van der Waals surface area contributed by atoms with Crippen LogP contribution in [0.15, 0.2) is 36.5 Å². The van der Waals surface area contributed by atoms with Gasteiger partial charge in [-0.1, -0.05) is 11.6 Å². The van der Waals surface area contributed by atoms with Crippen molar-refractivity contribution in [3.8, 4) is 5.75 Å². The van der Waals surface area contributed by atoms with Gasteiger partial charge >= 0.3 is 6.18 Å². The molecular weight excluding hydrogens is 443 g/mol. The van der Waals surface area contributed by atoms with E-state index in [-0.39, 0.29) is 35.4 Å². The Bertz CT molecular complexity index is 1030. The number of hydrogen-bond acceptors (Lipinski definition) is 4. The summed E-state index contributed by atoms with van der Waals surface area (Å²) >= 11 is 5.99. The molecule has 0 unspecified atom stereocenters. The Morgan fingerprint density at radius 3 is 2.47 bits per heavy atom. The lowest BCUT2D eigenvalue weighted by Gasteiger charge is -2.70. The van der Waals surface area contributed by atoms with Gasteiger partial charge < -0.3 is 4.74 Å². The van der Waals surface area contributed by atoms with Crippen LogP contribution in [0.5, 0.6) is 5.75 Å². The molecule has 3 aliphatic rings. The Balaban J connectivity index is 1.20. The first kappa shape index (κ1) is 22.8. The molecule has 2 bridgehead atoms. The lowest BCUT2D eigenvalue weighted by atomic mass is 9.33. The number of benzene rings is 1. The van der Waals surface area contributed by atoms with Crippen molar-refractivity contribution >= 4 is 23.2 Å². The summed E-state index contributed by atoms with van der Waals surface area (Å²) in [5.74, 6) is 0.718. The highest BCUT2D eigenvalue weighted by Gasteiger charge is 2.70. The number of carbonyl (C=O) groups excluding carboxylic acids is 2. The third-order valence-corrected chi connectivity index (χ3v) is 7.02. The van der Waals surface area contributed by atoms with Crippen LogP contribution in [-0.4, -0.2) is 23.2 Å². The lowest BCUT2D eigenvalue weighted by molar-refractivity contribution is -0.208. The van der Waals surface area contributed by atoms with Gasteiger partial charge in [0.25, 0.3) is 0 Å². The van der Waals surface area contributed by atoms with Gasteiger partial charge in [-0.15, -0.1) is 0 Å². The summed E-state index contributed by atoms with van der Waals surface area (Å²) in [5, 5.41) is 0.640. The maximum atomic E-state index is 12.7. The molecule has 1 aromatic heterocycles. The van der Waals surface area contributed by atoms with E-state index in [0.29, 0.717) is 48.6 Å². The molecule has 0 aliphatic heterocycles. The highest BCUT2D eigenvalue weighted by molar-refractivity contribution is 6.31. The molecule has 0 radical (unpaired) electrons. The number of ketones is 2. The second kappa shape index (κ2) is 8.18. The minimum atomic E-state index is -4.42. The SMILES string of the molecule is Cc1cc(OCC(=O)CC23CC(C(=O)CCc4ccc(C(F)(F)F)cn4)(C2)C3)ccc1Cl. The largest absolute Gasteiger partial charge is 0.486 e. The standard InChI is InChI=1S/C24H23ClF3NO3/c1-15-8-19(5-6-20(15)25)32-11-18(30)9-22-12-23(13-22,14-22)21(31)7-4-17-3-2-16(10-29-17)24(26,27)28/h2-3,5-6,8,10H,4,7,9,11-14H2,1H3. The molecule has 170 valence electrons.